The van der Waals surface area contributed by atoms with Crippen molar-refractivity contribution in [2.24, 2.45) is 5.73 Å². The number of anilines is 1. The summed E-state index contributed by atoms with van der Waals surface area (Å²) in [5.41, 5.74) is 9.36. The maximum absolute atomic E-state index is 13.2. The van der Waals surface area contributed by atoms with E-state index in [0.717, 1.165) is 18.4 Å². The van der Waals surface area contributed by atoms with Crippen LogP contribution < -0.4 is 10.6 Å². The highest BCUT2D eigenvalue weighted by atomic mass is 16.2. The van der Waals surface area contributed by atoms with Crippen LogP contribution >= 0.6 is 0 Å². The van der Waals surface area contributed by atoms with E-state index < -0.39 is 6.03 Å². The average Bonchev–Trinajstić information content (AvgIpc) is 2.84. The summed E-state index contributed by atoms with van der Waals surface area (Å²) in [5, 5.41) is 8.98. The van der Waals surface area contributed by atoms with Gasteiger partial charge in [0.15, 0.2) is 0 Å². The van der Waals surface area contributed by atoms with Crippen LogP contribution in [0.25, 0.3) is 0 Å². The second-order valence-electron chi connectivity index (χ2n) is 8.73. The summed E-state index contributed by atoms with van der Waals surface area (Å²) in [5.74, 6) is 0.174. The van der Waals surface area contributed by atoms with Crippen LogP contribution in [0.1, 0.15) is 52.7 Å². The van der Waals surface area contributed by atoms with E-state index in [4.69, 9.17) is 11.0 Å². The second kappa shape index (κ2) is 10.8. The van der Waals surface area contributed by atoms with Gasteiger partial charge >= 0.3 is 6.03 Å². The van der Waals surface area contributed by atoms with Gasteiger partial charge in [-0.2, -0.15) is 5.26 Å². The number of nitrogens with zero attached hydrogens (tertiary/aromatic N) is 4. The van der Waals surface area contributed by atoms with Crippen molar-refractivity contribution in [3.63, 3.8) is 0 Å². The molecule has 0 radical (unpaired) electrons. The summed E-state index contributed by atoms with van der Waals surface area (Å²) in [6.45, 7) is 5.16. The molecule has 1 aliphatic heterocycles. The number of benzene rings is 2. The van der Waals surface area contributed by atoms with Crippen LogP contribution in [-0.2, 0) is 4.79 Å². The fourth-order valence-electron chi connectivity index (χ4n) is 4.22. The fraction of sp³-hybridized carbons (Fsp3) is 0.385. The first-order chi connectivity index (χ1) is 16.2. The van der Waals surface area contributed by atoms with Crippen LogP contribution in [0.2, 0.25) is 0 Å². The first-order valence-electron chi connectivity index (χ1n) is 11.4. The third-order valence-corrected chi connectivity index (χ3v) is 6.50. The van der Waals surface area contributed by atoms with Gasteiger partial charge in [0.1, 0.15) is 0 Å². The van der Waals surface area contributed by atoms with Gasteiger partial charge < -0.3 is 15.5 Å². The Hall–Kier alpha value is -3.86. The number of likely N-dealkylation sites (N-methyl/N-ethyl adjacent to an activating group) is 1. The summed E-state index contributed by atoms with van der Waals surface area (Å²) in [4.78, 5) is 41.7. The van der Waals surface area contributed by atoms with Gasteiger partial charge in [-0.15, -0.1) is 0 Å². The molecule has 0 aromatic heterocycles. The van der Waals surface area contributed by atoms with Crippen molar-refractivity contribution in [1.82, 2.24) is 9.80 Å². The number of carbonyl (C=O) groups excluding carboxylic acids is 3. The Kier molecular flexibility index (Phi) is 7.90. The largest absolute Gasteiger partial charge is 0.351 e. The van der Waals surface area contributed by atoms with Gasteiger partial charge in [0.2, 0.25) is 5.91 Å². The van der Waals surface area contributed by atoms with Crippen molar-refractivity contribution in [1.29, 1.82) is 5.26 Å². The molecule has 8 nitrogen and oxygen atoms in total. The van der Waals surface area contributed by atoms with E-state index in [1.54, 1.807) is 19.2 Å². The lowest BCUT2D eigenvalue weighted by Gasteiger charge is -2.32. The Labute approximate surface area is 200 Å². The molecule has 0 aliphatic carbocycles. The molecule has 2 aromatic rings. The topological polar surface area (TPSA) is 111 Å². The van der Waals surface area contributed by atoms with E-state index in [9.17, 15) is 14.4 Å². The summed E-state index contributed by atoms with van der Waals surface area (Å²) in [6.07, 6.45) is 1.70. The number of primary amides is 1. The maximum atomic E-state index is 13.2. The third kappa shape index (κ3) is 5.73. The quantitative estimate of drug-likeness (QED) is 0.712. The monoisotopic (exact) mass is 461 g/mol. The van der Waals surface area contributed by atoms with Crippen LogP contribution in [0.4, 0.5) is 10.5 Å². The molecule has 0 atom stereocenters. The van der Waals surface area contributed by atoms with E-state index in [-0.39, 0.29) is 18.4 Å². The van der Waals surface area contributed by atoms with Gasteiger partial charge in [-0.1, -0.05) is 18.2 Å². The molecule has 34 heavy (non-hydrogen) atoms. The van der Waals surface area contributed by atoms with Crippen LogP contribution in [0.3, 0.4) is 0 Å². The summed E-state index contributed by atoms with van der Waals surface area (Å²) < 4.78 is 0. The zero-order valence-corrected chi connectivity index (χ0v) is 20.0. The lowest BCUT2D eigenvalue weighted by Crippen LogP contribution is -2.42. The van der Waals surface area contributed by atoms with E-state index >= 15 is 0 Å². The molecule has 4 amide bonds. The van der Waals surface area contributed by atoms with E-state index in [0.29, 0.717) is 42.4 Å². The highest BCUT2D eigenvalue weighted by Crippen LogP contribution is 2.30. The number of piperidine rings is 1. The Bertz CT molecular complexity index is 1100. The zero-order valence-electron chi connectivity index (χ0n) is 20.0. The number of nitriles is 1. The Balaban J connectivity index is 1.70. The summed E-state index contributed by atoms with van der Waals surface area (Å²) in [6, 6.07) is 14.5. The van der Waals surface area contributed by atoms with Gasteiger partial charge in [0.05, 0.1) is 11.6 Å². The number of nitrogens with two attached hydrogens (primary N) is 1. The van der Waals surface area contributed by atoms with Crippen LogP contribution in [0.15, 0.2) is 42.5 Å². The van der Waals surface area contributed by atoms with Crippen molar-refractivity contribution in [3.8, 4) is 6.07 Å². The third-order valence-electron chi connectivity index (χ3n) is 6.50. The molecule has 1 heterocycles. The first-order valence-corrected chi connectivity index (χ1v) is 11.4. The van der Waals surface area contributed by atoms with Crippen LogP contribution in [-0.4, -0.2) is 60.9 Å². The number of likely N-dealkylation sites (tertiary alicyclic amines) is 1. The van der Waals surface area contributed by atoms with Crippen LogP contribution in [0, 0.1) is 18.3 Å². The molecule has 3 rings (SSSR count). The van der Waals surface area contributed by atoms with Gasteiger partial charge in [0, 0.05) is 51.4 Å². The molecule has 0 spiro atoms. The molecule has 8 heteroatoms. The zero-order chi connectivity index (χ0) is 24.8. The number of hydrogen-bond donors (Lipinski definition) is 1. The number of aryl methyl sites for hydroxylation is 1. The number of urea groups is 1. The second-order valence-corrected chi connectivity index (χ2v) is 8.73. The molecular formula is C26H31N5O3. The minimum atomic E-state index is -0.632. The number of hydrogen-bond acceptors (Lipinski definition) is 4. The SMILES string of the molecule is CC(=O)N(C)CCN(C(N)=O)c1cc(C(=O)N2CCC(c3ccc(C#N)cc3)CC2)ccc1C. The molecular weight excluding hydrogens is 430 g/mol. The predicted molar refractivity (Wildman–Crippen MR) is 130 cm³/mol. The van der Waals surface area contributed by atoms with Gasteiger partial charge in [0.25, 0.3) is 5.91 Å². The molecule has 1 fully saturated rings. The van der Waals surface area contributed by atoms with Crippen LogP contribution in [0.5, 0.6) is 0 Å². The highest BCUT2D eigenvalue weighted by molar-refractivity contribution is 5.98. The fourth-order valence-corrected chi connectivity index (χ4v) is 4.22. The average molecular weight is 462 g/mol. The number of amides is 4. The molecule has 0 bridgehead atoms. The van der Waals surface area contributed by atoms with Crippen molar-refractivity contribution >= 4 is 23.5 Å². The first kappa shape index (κ1) is 24.8. The molecule has 178 valence electrons. The molecule has 2 N–H and O–H groups in total. The minimum Gasteiger partial charge on any atom is -0.351 e. The number of rotatable bonds is 6. The van der Waals surface area contributed by atoms with Crippen molar-refractivity contribution in [2.45, 2.75) is 32.6 Å². The molecule has 0 unspecified atom stereocenters. The standard InChI is InChI=1S/C26H31N5O3/c1-18-4-7-23(16-24(18)31(26(28)34)15-14-29(3)19(2)32)25(33)30-12-10-22(11-13-30)21-8-5-20(17-27)6-9-21/h4-9,16,22H,10-15H2,1-3H3,(H2,28,34). The van der Waals surface area contributed by atoms with Gasteiger partial charge in [-0.3, -0.25) is 14.5 Å². The normalized spacial score (nSPS) is 13.8. The lowest BCUT2D eigenvalue weighted by molar-refractivity contribution is -0.127. The molecule has 0 saturated carbocycles. The summed E-state index contributed by atoms with van der Waals surface area (Å²) >= 11 is 0. The molecule has 2 aromatic carbocycles. The maximum Gasteiger partial charge on any atom is 0.319 e. The lowest BCUT2D eigenvalue weighted by atomic mass is 9.89. The van der Waals surface area contributed by atoms with E-state index in [1.165, 1.54) is 22.3 Å². The predicted octanol–water partition coefficient (Wildman–Crippen LogP) is 3.25. The molecule has 1 aliphatic rings. The Morgan fingerprint density at radius 3 is 2.29 bits per heavy atom. The Morgan fingerprint density at radius 2 is 1.74 bits per heavy atom. The van der Waals surface area contributed by atoms with Gasteiger partial charge in [-0.05, 0) is 61.1 Å². The van der Waals surface area contributed by atoms with E-state index in [1.807, 2.05) is 42.2 Å². The van der Waals surface area contributed by atoms with Crippen molar-refractivity contribution < 1.29 is 14.4 Å². The minimum absolute atomic E-state index is 0.0789. The Morgan fingerprint density at radius 1 is 1.09 bits per heavy atom. The van der Waals surface area contributed by atoms with E-state index in [2.05, 4.69) is 6.07 Å². The van der Waals surface area contributed by atoms with Crippen molar-refractivity contribution in [2.75, 3.05) is 38.1 Å². The smallest absolute Gasteiger partial charge is 0.319 e. The highest BCUT2D eigenvalue weighted by Gasteiger charge is 2.26. The van der Waals surface area contributed by atoms with Gasteiger partial charge in [-0.25, -0.2) is 4.79 Å². The van der Waals surface area contributed by atoms with Crippen molar-refractivity contribution in [3.05, 3.63) is 64.7 Å². The summed E-state index contributed by atoms with van der Waals surface area (Å²) in [7, 11) is 1.66. The molecule has 1 saturated heterocycles. The number of carbonyl (C=O) groups is 3.